The van der Waals surface area contributed by atoms with Gasteiger partial charge in [-0.3, -0.25) is 4.79 Å². The van der Waals surface area contributed by atoms with E-state index in [1.165, 1.54) is 0 Å². The second kappa shape index (κ2) is 3.09. The van der Waals surface area contributed by atoms with Gasteiger partial charge in [-0.05, 0) is 18.8 Å². The zero-order valence-corrected chi connectivity index (χ0v) is 7.76. The van der Waals surface area contributed by atoms with E-state index in [4.69, 9.17) is 10.8 Å². The summed E-state index contributed by atoms with van der Waals surface area (Å²) in [7, 11) is 0. The number of carboxylic acids is 1. The van der Waals surface area contributed by atoms with E-state index in [0.717, 1.165) is 12.8 Å². The molecule has 2 rings (SSSR count). The van der Waals surface area contributed by atoms with E-state index in [0.29, 0.717) is 6.54 Å². The van der Waals surface area contributed by atoms with Crippen molar-refractivity contribution in [2.24, 2.45) is 11.7 Å². The molecule has 1 aromatic rings. The van der Waals surface area contributed by atoms with Crippen molar-refractivity contribution in [2.45, 2.75) is 24.9 Å². The molecule has 0 saturated heterocycles. The fourth-order valence-corrected chi connectivity index (χ4v) is 1.65. The van der Waals surface area contributed by atoms with E-state index in [-0.39, 0.29) is 5.92 Å². The minimum atomic E-state index is -1.12. The molecule has 1 aliphatic rings. The fraction of sp³-hybridized carbons (Fsp3) is 0.556. The molecule has 5 heteroatoms. The smallest absolute Gasteiger partial charge is 0.325 e. The number of carbonyl (C=O) groups is 1. The number of hydrogen-bond acceptors (Lipinski definition) is 3. The third kappa shape index (κ3) is 1.50. The van der Waals surface area contributed by atoms with E-state index in [2.05, 4.69) is 4.98 Å². The maximum atomic E-state index is 11.1. The van der Waals surface area contributed by atoms with Gasteiger partial charge in [-0.1, -0.05) is 0 Å². The van der Waals surface area contributed by atoms with Gasteiger partial charge in [-0.2, -0.15) is 0 Å². The van der Waals surface area contributed by atoms with Gasteiger partial charge in [0.1, 0.15) is 5.54 Å². The summed E-state index contributed by atoms with van der Waals surface area (Å²) in [5.41, 5.74) is 4.76. The van der Waals surface area contributed by atoms with E-state index in [9.17, 15) is 4.79 Å². The molecule has 3 N–H and O–H groups in total. The average Bonchev–Trinajstić information content (AvgIpc) is 2.87. The molecule has 1 saturated carbocycles. The number of aliphatic carboxylic acids is 1. The van der Waals surface area contributed by atoms with Crippen molar-refractivity contribution < 1.29 is 9.90 Å². The van der Waals surface area contributed by atoms with Crippen LogP contribution in [0.5, 0.6) is 0 Å². The van der Waals surface area contributed by atoms with Gasteiger partial charge in [0, 0.05) is 12.4 Å². The highest BCUT2D eigenvalue weighted by Crippen LogP contribution is 2.39. The molecule has 1 fully saturated rings. The molecule has 1 aromatic heterocycles. The SMILES string of the molecule is NC(Cn1ccnc1)(C(=O)O)C1CC1. The second-order valence-electron chi connectivity index (χ2n) is 3.85. The minimum absolute atomic E-state index is 0.113. The van der Waals surface area contributed by atoms with Crippen molar-refractivity contribution >= 4 is 5.97 Å². The molecule has 0 bridgehead atoms. The van der Waals surface area contributed by atoms with Crippen molar-refractivity contribution in [2.75, 3.05) is 0 Å². The van der Waals surface area contributed by atoms with E-state index >= 15 is 0 Å². The first kappa shape index (κ1) is 9.21. The zero-order chi connectivity index (χ0) is 10.2. The molecule has 14 heavy (non-hydrogen) atoms. The molecule has 0 amide bonds. The number of nitrogens with two attached hydrogens (primary N) is 1. The Morgan fingerprint density at radius 3 is 2.86 bits per heavy atom. The van der Waals surface area contributed by atoms with Crippen molar-refractivity contribution in [3.05, 3.63) is 18.7 Å². The number of nitrogens with zero attached hydrogens (tertiary/aromatic N) is 2. The molecule has 1 unspecified atom stereocenters. The highest BCUT2D eigenvalue weighted by molar-refractivity contribution is 5.79. The van der Waals surface area contributed by atoms with Gasteiger partial charge >= 0.3 is 5.97 Å². The zero-order valence-electron chi connectivity index (χ0n) is 7.76. The normalized spacial score (nSPS) is 20.4. The summed E-state index contributed by atoms with van der Waals surface area (Å²) in [6, 6.07) is 0. The first-order valence-corrected chi connectivity index (χ1v) is 4.61. The van der Waals surface area contributed by atoms with Crippen LogP contribution in [-0.4, -0.2) is 26.2 Å². The van der Waals surface area contributed by atoms with E-state index < -0.39 is 11.5 Å². The molecule has 5 nitrogen and oxygen atoms in total. The Morgan fingerprint density at radius 1 is 1.71 bits per heavy atom. The summed E-state index contributed by atoms with van der Waals surface area (Å²) >= 11 is 0. The Kier molecular flexibility index (Phi) is 2.03. The highest BCUT2D eigenvalue weighted by atomic mass is 16.4. The van der Waals surface area contributed by atoms with Crippen molar-refractivity contribution in [3.8, 4) is 0 Å². The monoisotopic (exact) mass is 195 g/mol. The first-order chi connectivity index (χ1) is 6.63. The minimum Gasteiger partial charge on any atom is -0.480 e. The maximum absolute atomic E-state index is 11.1. The third-order valence-corrected chi connectivity index (χ3v) is 2.71. The Bertz CT molecular complexity index is 332. The molecule has 0 radical (unpaired) electrons. The van der Waals surface area contributed by atoms with Crippen molar-refractivity contribution in [1.29, 1.82) is 0 Å². The molecular weight excluding hydrogens is 182 g/mol. The summed E-state index contributed by atoms with van der Waals surface area (Å²) in [5.74, 6) is -0.809. The first-order valence-electron chi connectivity index (χ1n) is 4.61. The Morgan fingerprint density at radius 2 is 2.43 bits per heavy atom. The standard InChI is InChI=1S/C9H13N3O2/c10-9(8(13)14,7-1-2-7)5-12-4-3-11-6-12/h3-4,6-7H,1-2,5,10H2,(H,13,14). The van der Waals surface area contributed by atoms with Crippen LogP contribution >= 0.6 is 0 Å². The Labute approximate surface area is 81.5 Å². The maximum Gasteiger partial charge on any atom is 0.325 e. The lowest BCUT2D eigenvalue weighted by Gasteiger charge is -2.24. The van der Waals surface area contributed by atoms with Crippen LogP contribution in [0.25, 0.3) is 0 Å². The number of rotatable bonds is 4. The van der Waals surface area contributed by atoms with Crippen LogP contribution in [0.1, 0.15) is 12.8 Å². The Hall–Kier alpha value is -1.36. The predicted molar refractivity (Wildman–Crippen MR) is 49.5 cm³/mol. The van der Waals surface area contributed by atoms with Gasteiger partial charge in [0.15, 0.2) is 0 Å². The van der Waals surface area contributed by atoms with Crippen LogP contribution in [0.4, 0.5) is 0 Å². The van der Waals surface area contributed by atoms with Crippen LogP contribution in [0, 0.1) is 5.92 Å². The summed E-state index contributed by atoms with van der Waals surface area (Å²) in [6.45, 7) is 0.299. The number of aromatic nitrogens is 2. The topological polar surface area (TPSA) is 81.1 Å². The molecule has 1 atom stereocenters. The van der Waals surface area contributed by atoms with Gasteiger partial charge in [-0.25, -0.2) is 4.98 Å². The quantitative estimate of drug-likeness (QED) is 0.712. The van der Waals surface area contributed by atoms with Crippen LogP contribution in [0.3, 0.4) is 0 Å². The number of hydrogen-bond donors (Lipinski definition) is 2. The Balaban J connectivity index is 2.15. The molecule has 1 aliphatic carbocycles. The highest BCUT2D eigenvalue weighted by Gasteiger charge is 2.48. The molecular formula is C9H13N3O2. The molecule has 0 spiro atoms. The number of imidazole rings is 1. The molecule has 1 heterocycles. The predicted octanol–water partition coefficient (Wildman–Crippen LogP) is 0.0752. The van der Waals surface area contributed by atoms with E-state index in [1.807, 2.05) is 0 Å². The molecule has 0 aromatic carbocycles. The molecule has 76 valence electrons. The average molecular weight is 195 g/mol. The van der Waals surface area contributed by atoms with Crippen LogP contribution < -0.4 is 5.73 Å². The third-order valence-electron chi connectivity index (χ3n) is 2.71. The summed E-state index contributed by atoms with van der Waals surface area (Å²) in [4.78, 5) is 14.9. The lowest BCUT2D eigenvalue weighted by atomic mass is 9.94. The summed E-state index contributed by atoms with van der Waals surface area (Å²) < 4.78 is 1.71. The fourth-order valence-electron chi connectivity index (χ4n) is 1.65. The van der Waals surface area contributed by atoms with Gasteiger partial charge in [0.05, 0.1) is 12.9 Å². The van der Waals surface area contributed by atoms with Crippen LogP contribution in [0.2, 0.25) is 0 Å². The second-order valence-corrected chi connectivity index (χ2v) is 3.85. The lowest BCUT2D eigenvalue weighted by Crippen LogP contribution is -2.53. The van der Waals surface area contributed by atoms with Gasteiger partial charge in [-0.15, -0.1) is 0 Å². The van der Waals surface area contributed by atoms with Crippen molar-refractivity contribution in [1.82, 2.24) is 9.55 Å². The van der Waals surface area contributed by atoms with Crippen LogP contribution in [-0.2, 0) is 11.3 Å². The van der Waals surface area contributed by atoms with Gasteiger partial charge < -0.3 is 15.4 Å². The van der Waals surface area contributed by atoms with Crippen LogP contribution in [0.15, 0.2) is 18.7 Å². The summed E-state index contributed by atoms with van der Waals surface area (Å²) in [6.07, 6.45) is 6.77. The van der Waals surface area contributed by atoms with Gasteiger partial charge in [0.2, 0.25) is 0 Å². The lowest BCUT2D eigenvalue weighted by molar-refractivity contribution is -0.144. The molecule has 0 aliphatic heterocycles. The van der Waals surface area contributed by atoms with Crippen molar-refractivity contribution in [3.63, 3.8) is 0 Å². The largest absolute Gasteiger partial charge is 0.480 e. The van der Waals surface area contributed by atoms with Gasteiger partial charge in [0.25, 0.3) is 0 Å². The number of carboxylic acid groups (broad SMARTS) is 1. The van der Waals surface area contributed by atoms with E-state index in [1.54, 1.807) is 23.3 Å². The summed E-state index contributed by atoms with van der Waals surface area (Å²) in [5, 5.41) is 9.08.